The Morgan fingerprint density at radius 3 is 2.77 bits per heavy atom. The summed E-state index contributed by atoms with van der Waals surface area (Å²) in [5.74, 6) is 0.829. The van der Waals surface area contributed by atoms with Crippen molar-refractivity contribution in [2.75, 3.05) is 24.6 Å². The number of hydrogen-bond donors (Lipinski definition) is 1. The first-order chi connectivity index (χ1) is 12.8. The number of imidazole rings is 1. The number of H-pyrrole nitrogens is 1. The van der Waals surface area contributed by atoms with E-state index in [1.54, 1.807) is 6.33 Å². The van der Waals surface area contributed by atoms with Gasteiger partial charge >= 0.3 is 0 Å². The summed E-state index contributed by atoms with van der Waals surface area (Å²) in [6.07, 6.45) is 6.91. The third-order valence-corrected chi connectivity index (χ3v) is 4.74. The van der Waals surface area contributed by atoms with Gasteiger partial charge in [-0.15, -0.1) is 0 Å². The van der Waals surface area contributed by atoms with Crippen molar-refractivity contribution in [3.8, 4) is 5.88 Å². The average Bonchev–Trinajstić information content (AvgIpc) is 3.16. The smallest absolute Gasteiger partial charge is 0.253 e. The molecule has 0 atom stereocenters. The van der Waals surface area contributed by atoms with Gasteiger partial charge in [0, 0.05) is 13.1 Å². The molecule has 3 aromatic heterocycles. The number of fused-ring (bicyclic) bond motifs is 1. The van der Waals surface area contributed by atoms with E-state index in [0.29, 0.717) is 30.3 Å². The van der Waals surface area contributed by atoms with Gasteiger partial charge in [-0.1, -0.05) is 6.92 Å². The molecule has 1 aliphatic heterocycles. The first kappa shape index (κ1) is 16.6. The van der Waals surface area contributed by atoms with Gasteiger partial charge in [0.1, 0.15) is 18.2 Å². The van der Waals surface area contributed by atoms with Gasteiger partial charge in [-0.2, -0.15) is 9.37 Å². The maximum absolute atomic E-state index is 14.1. The Labute approximate surface area is 149 Å². The topological polar surface area (TPSA) is 92.7 Å². The van der Waals surface area contributed by atoms with E-state index in [9.17, 15) is 4.39 Å². The van der Waals surface area contributed by atoms with Crippen molar-refractivity contribution >= 4 is 17.0 Å². The van der Waals surface area contributed by atoms with Crippen LogP contribution in [0.25, 0.3) is 11.2 Å². The van der Waals surface area contributed by atoms with Gasteiger partial charge in [0.05, 0.1) is 18.6 Å². The summed E-state index contributed by atoms with van der Waals surface area (Å²) < 4.78 is 19.8. The summed E-state index contributed by atoms with van der Waals surface area (Å²) in [6, 6.07) is 0. The number of piperidine rings is 1. The highest BCUT2D eigenvalue weighted by atomic mass is 19.1. The molecule has 1 N–H and O–H groups in total. The van der Waals surface area contributed by atoms with Gasteiger partial charge in [0.2, 0.25) is 5.82 Å². The van der Waals surface area contributed by atoms with E-state index >= 15 is 0 Å². The van der Waals surface area contributed by atoms with E-state index < -0.39 is 5.82 Å². The van der Waals surface area contributed by atoms with E-state index in [4.69, 9.17) is 4.74 Å². The van der Waals surface area contributed by atoms with Crippen LogP contribution in [0.15, 0.2) is 19.0 Å². The zero-order valence-electron chi connectivity index (χ0n) is 14.5. The van der Waals surface area contributed by atoms with Crippen LogP contribution in [0.5, 0.6) is 5.88 Å². The van der Waals surface area contributed by atoms with Gasteiger partial charge in [-0.25, -0.2) is 19.9 Å². The number of aromatic nitrogens is 6. The van der Waals surface area contributed by atoms with E-state index in [1.807, 2.05) is 6.92 Å². The van der Waals surface area contributed by atoms with Crippen molar-refractivity contribution in [1.29, 1.82) is 0 Å². The number of nitrogens with zero attached hydrogens (tertiary/aromatic N) is 6. The lowest BCUT2D eigenvalue weighted by molar-refractivity contribution is 0.206. The third kappa shape index (κ3) is 3.16. The highest BCUT2D eigenvalue weighted by molar-refractivity contribution is 5.82. The first-order valence-corrected chi connectivity index (χ1v) is 8.77. The molecular weight excluding hydrogens is 337 g/mol. The van der Waals surface area contributed by atoms with E-state index in [-0.39, 0.29) is 5.88 Å². The molecule has 0 aliphatic carbocycles. The number of aromatic amines is 1. The fraction of sp³-hybridized carbons (Fsp3) is 0.471. The lowest BCUT2D eigenvalue weighted by atomic mass is 9.98. The van der Waals surface area contributed by atoms with Crippen molar-refractivity contribution < 1.29 is 9.13 Å². The van der Waals surface area contributed by atoms with Crippen LogP contribution in [0.2, 0.25) is 0 Å². The fourth-order valence-corrected chi connectivity index (χ4v) is 3.24. The van der Waals surface area contributed by atoms with Gasteiger partial charge in [0.25, 0.3) is 5.88 Å². The molecule has 4 rings (SSSR count). The normalized spacial score (nSPS) is 15.5. The quantitative estimate of drug-likeness (QED) is 0.748. The zero-order chi connectivity index (χ0) is 17.9. The highest BCUT2D eigenvalue weighted by Crippen LogP contribution is 2.26. The standard InChI is InChI=1S/C17H20FN7O/c1-2-12-13(18)17(24-8-19-12)26-7-11-3-5-25(6-4-11)16-14-15(21-9-20-14)22-10-23-16/h8-11H,2-7H2,1H3,(H,20,21,22,23). The Morgan fingerprint density at radius 1 is 1.15 bits per heavy atom. The molecule has 0 amide bonds. The van der Waals surface area contributed by atoms with Crippen LogP contribution >= 0.6 is 0 Å². The van der Waals surface area contributed by atoms with Crippen LogP contribution in [0.4, 0.5) is 10.2 Å². The van der Waals surface area contributed by atoms with Crippen LogP contribution < -0.4 is 9.64 Å². The van der Waals surface area contributed by atoms with Gasteiger partial charge in [0.15, 0.2) is 11.5 Å². The lowest BCUT2D eigenvalue weighted by Gasteiger charge is -2.32. The van der Waals surface area contributed by atoms with E-state index in [1.165, 1.54) is 12.7 Å². The predicted molar refractivity (Wildman–Crippen MR) is 93.5 cm³/mol. The molecule has 1 saturated heterocycles. The maximum atomic E-state index is 14.1. The Hall–Kier alpha value is -2.84. The number of halogens is 1. The summed E-state index contributed by atoms with van der Waals surface area (Å²) >= 11 is 0. The number of anilines is 1. The van der Waals surface area contributed by atoms with Gasteiger partial charge in [-0.05, 0) is 25.2 Å². The number of aryl methyl sites for hydroxylation is 1. The molecule has 0 bridgehead atoms. The largest absolute Gasteiger partial charge is 0.475 e. The van der Waals surface area contributed by atoms with E-state index in [0.717, 1.165) is 37.3 Å². The first-order valence-electron chi connectivity index (χ1n) is 8.77. The Balaban J connectivity index is 1.36. The molecule has 9 heteroatoms. The van der Waals surface area contributed by atoms with Crippen molar-refractivity contribution in [2.45, 2.75) is 26.2 Å². The van der Waals surface area contributed by atoms with Crippen LogP contribution in [0, 0.1) is 11.7 Å². The molecule has 3 aromatic rings. The third-order valence-electron chi connectivity index (χ3n) is 4.74. The summed E-state index contributed by atoms with van der Waals surface area (Å²) in [5, 5.41) is 0. The SMILES string of the molecule is CCc1ncnc(OCC2CCN(c3ncnc4nc[nH]c34)CC2)c1F. The Morgan fingerprint density at radius 2 is 1.96 bits per heavy atom. The molecule has 4 heterocycles. The molecule has 1 aliphatic rings. The Kier molecular flexibility index (Phi) is 4.59. The lowest BCUT2D eigenvalue weighted by Crippen LogP contribution is -2.36. The molecule has 0 unspecified atom stereocenters. The summed E-state index contributed by atoms with van der Waals surface area (Å²) in [6.45, 7) is 4.01. The number of hydrogen-bond acceptors (Lipinski definition) is 7. The molecule has 26 heavy (non-hydrogen) atoms. The minimum atomic E-state index is -0.449. The van der Waals surface area contributed by atoms with Crippen molar-refractivity contribution in [3.05, 3.63) is 30.5 Å². The van der Waals surface area contributed by atoms with Gasteiger partial charge < -0.3 is 14.6 Å². The highest BCUT2D eigenvalue weighted by Gasteiger charge is 2.23. The second kappa shape index (κ2) is 7.19. The average molecular weight is 357 g/mol. The number of rotatable bonds is 5. The molecule has 0 spiro atoms. The zero-order valence-corrected chi connectivity index (χ0v) is 14.5. The summed E-state index contributed by atoms with van der Waals surface area (Å²) in [5.41, 5.74) is 1.92. The number of ether oxygens (including phenoxy) is 1. The monoisotopic (exact) mass is 357 g/mol. The summed E-state index contributed by atoms with van der Waals surface area (Å²) in [4.78, 5) is 25.9. The second-order valence-corrected chi connectivity index (χ2v) is 6.33. The molecule has 136 valence electrons. The molecule has 0 radical (unpaired) electrons. The second-order valence-electron chi connectivity index (χ2n) is 6.33. The minimum Gasteiger partial charge on any atom is -0.475 e. The van der Waals surface area contributed by atoms with Crippen LogP contribution in [0.1, 0.15) is 25.5 Å². The molecule has 0 saturated carbocycles. The molecular formula is C17H20FN7O. The van der Waals surface area contributed by atoms with Crippen LogP contribution in [-0.2, 0) is 6.42 Å². The van der Waals surface area contributed by atoms with Crippen molar-refractivity contribution in [3.63, 3.8) is 0 Å². The maximum Gasteiger partial charge on any atom is 0.253 e. The molecule has 8 nitrogen and oxygen atoms in total. The van der Waals surface area contributed by atoms with Gasteiger partial charge in [-0.3, -0.25) is 0 Å². The van der Waals surface area contributed by atoms with Crippen molar-refractivity contribution in [2.24, 2.45) is 5.92 Å². The molecule has 1 fully saturated rings. The Bertz CT molecular complexity index is 892. The van der Waals surface area contributed by atoms with Crippen molar-refractivity contribution in [1.82, 2.24) is 29.9 Å². The predicted octanol–water partition coefficient (Wildman–Crippen LogP) is 2.14. The van der Waals surface area contributed by atoms with E-state index in [2.05, 4.69) is 34.8 Å². The summed E-state index contributed by atoms with van der Waals surface area (Å²) in [7, 11) is 0. The fourth-order valence-electron chi connectivity index (χ4n) is 3.24. The molecule has 0 aromatic carbocycles. The minimum absolute atomic E-state index is 0.0502. The van der Waals surface area contributed by atoms with Crippen LogP contribution in [0.3, 0.4) is 0 Å². The number of nitrogens with one attached hydrogen (secondary N) is 1. The van der Waals surface area contributed by atoms with Crippen LogP contribution in [-0.4, -0.2) is 49.6 Å².